The van der Waals surface area contributed by atoms with E-state index in [1.54, 1.807) is 0 Å². The summed E-state index contributed by atoms with van der Waals surface area (Å²) >= 11 is 0. The summed E-state index contributed by atoms with van der Waals surface area (Å²) in [4.78, 5) is 8.65. The van der Waals surface area contributed by atoms with Crippen LogP contribution in [0.25, 0.3) is 0 Å². The van der Waals surface area contributed by atoms with Gasteiger partial charge in [-0.3, -0.25) is 0 Å². The van der Waals surface area contributed by atoms with Crippen LogP contribution in [0.15, 0.2) is 0 Å². The summed E-state index contributed by atoms with van der Waals surface area (Å²) in [5.74, 6) is 1.28. The van der Waals surface area contributed by atoms with Gasteiger partial charge in [0.1, 0.15) is 11.6 Å². The molecule has 0 saturated carbocycles. The molecule has 14 heavy (non-hydrogen) atoms. The number of hydrogen-bond acceptors (Lipinski definition) is 5. The minimum Gasteiger partial charge on any atom is -0.383 e. The SMILES string of the molecule is CNC(C)c1nc(N)c2c(n1)COC2. The van der Waals surface area contributed by atoms with Crippen molar-refractivity contribution in [2.45, 2.75) is 26.2 Å². The van der Waals surface area contributed by atoms with Crippen LogP contribution in [0.3, 0.4) is 0 Å². The largest absolute Gasteiger partial charge is 0.383 e. The van der Waals surface area contributed by atoms with Gasteiger partial charge < -0.3 is 15.8 Å². The first-order valence-corrected chi connectivity index (χ1v) is 4.62. The van der Waals surface area contributed by atoms with Crippen molar-refractivity contribution in [3.63, 3.8) is 0 Å². The van der Waals surface area contributed by atoms with E-state index in [0.717, 1.165) is 17.1 Å². The summed E-state index contributed by atoms with van der Waals surface area (Å²) in [5, 5.41) is 3.08. The number of ether oxygens (including phenoxy) is 1. The number of nitrogens with zero attached hydrogens (tertiary/aromatic N) is 2. The molecule has 1 aliphatic heterocycles. The molecule has 0 fully saturated rings. The molecule has 0 saturated heterocycles. The molecule has 0 bridgehead atoms. The summed E-state index contributed by atoms with van der Waals surface area (Å²) in [5.41, 5.74) is 7.67. The van der Waals surface area contributed by atoms with Gasteiger partial charge in [-0.05, 0) is 14.0 Å². The maximum atomic E-state index is 5.81. The maximum absolute atomic E-state index is 5.81. The lowest BCUT2D eigenvalue weighted by Crippen LogP contribution is -2.17. The summed E-state index contributed by atoms with van der Waals surface area (Å²) in [6.45, 7) is 3.08. The number of hydrogen-bond donors (Lipinski definition) is 2. The molecule has 1 atom stereocenters. The molecule has 5 nitrogen and oxygen atoms in total. The molecule has 0 spiro atoms. The van der Waals surface area contributed by atoms with Crippen molar-refractivity contribution in [3.05, 3.63) is 17.1 Å². The number of anilines is 1. The molecule has 2 heterocycles. The van der Waals surface area contributed by atoms with Crippen LogP contribution in [0.2, 0.25) is 0 Å². The molecule has 0 radical (unpaired) electrons. The minimum atomic E-state index is 0.114. The van der Waals surface area contributed by atoms with Crippen LogP contribution in [0, 0.1) is 0 Å². The highest BCUT2D eigenvalue weighted by Gasteiger charge is 2.19. The van der Waals surface area contributed by atoms with Gasteiger partial charge in [-0.2, -0.15) is 0 Å². The van der Waals surface area contributed by atoms with Gasteiger partial charge in [0.15, 0.2) is 0 Å². The quantitative estimate of drug-likeness (QED) is 0.711. The number of aromatic nitrogens is 2. The summed E-state index contributed by atoms with van der Waals surface area (Å²) in [7, 11) is 1.87. The molecule has 0 aromatic carbocycles. The summed E-state index contributed by atoms with van der Waals surface area (Å²) in [6.07, 6.45) is 0. The standard InChI is InChI=1S/C9H14N4O/c1-5(11-2)9-12-7-4-14-3-6(7)8(10)13-9/h5,11H,3-4H2,1-2H3,(H2,10,12,13). The highest BCUT2D eigenvalue weighted by Crippen LogP contribution is 2.23. The van der Waals surface area contributed by atoms with Gasteiger partial charge in [-0.15, -0.1) is 0 Å². The average Bonchev–Trinajstić information content (AvgIpc) is 2.64. The van der Waals surface area contributed by atoms with E-state index in [1.165, 1.54) is 0 Å². The molecule has 1 unspecified atom stereocenters. The van der Waals surface area contributed by atoms with Crippen LogP contribution < -0.4 is 11.1 Å². The van der Waals surface area contributed by atoms with Crippen LogP contribution in [0.1, 0.15) is 30.0 Å². The summed E-state index contributed by atoms with van der Waals surface area (Å²) in [6, 6.07) is 0.114. The van der Waals surface area contributed by atoms with Gasteiger partial charge in [0, 0.05) is 5.56 Å². The molecule has 1 aromatic rings. The van der Waals surface area contributed by atoms with E-state index >= 15 is 0 Å². The number of nitrogens with two attached hydrogens (primary N) is 1. The third-order valence-corrected chi connectivity index (χ3v) is 2.45. The summed E-state index contributed by atoms with van der Waals surface area (Å²) < 4.78 is 5.26. The molecule has 5 heteroatoms. The van der Waals surface area contributed by atoms with E-state index in [2.05, 4.69) is 15.3 Å². The van der Waals surface area contributed by atoms with Gasteiger partial charge in [-0.1, -0.05) is 0 Å². The lowest BCUT2D eigenvalue weighted by atomic mass is 10.2. The lowest BCUT2D eigenvalue weighted by molar-refractivity contribution is 0.133. The Labute approximate surface area is 82.7 Å². The topological polar surface area (TPSA) is 73.1 Å². The fourth-order valence-electron chi connectivity index (χ4n) is 1.42. The van der Waals surface area contributed by atoms with Gasteiger partial charge in [0.05, 0.1) is 24.9 Å². The van der Waals surface area contributed by atoms with E-state index in [9.17, 15) is 0 Å². The van der Waals surface area contributed by atoms with Crippen molar-refractivity contribution in [3.8, 4) is 0 Å². The number of nitrogen functional groups attached to an aromatic ring is 1. The van der Waals surface area contributed by atoms with Crippen molar-refractivity contribution < 1.29 is 4.74 Å². The fraction of sp³-hybridized carbons (Fsp3) is 0.556. The monoisotopic (exact) mass is 194 g/mol. The Balaban J connectivity index is 2.41. The second-order valence-electron chi connectivity index (χ2n) is 3.40. The zero-order valence-corrected chi connectivity index (χ0v) is 8.37. The van der Waals surface area contributed by atoms with Crippen molar-refractivity contribution >= 4 is 5.82 Å². The van der Waals surface area contributed by atoms with Crippen LogP contribution in [-0.4, -0.2) is 17.0 Å². The van der Waals surface area contributed by atoms with E-state index in [-0.39, 0.29) is 6.04 Å². The highest BCUT2D eigenvalue weighted by atomic mass is 16.5. The second-order valence-corrected chi connectivity index (χ2v) is 3.40. The third kappa shape index (κ3) is 1.44. The maximum Gasteiger partial charge on any atom is 0.147 e. The van der Waals surface area contributed by atoms with Crippen LogP contribution in [0.4, 0.5) is 5.82 Å². The predicted octanol–water partition coefficient (Wildman–Crippen LogP) is 0.369. The Morgan fingerprint density at radius 2 is 2.21 bits per heavy atom. The van der Waals surface area contributed by atoms with Crippen LogP contribution >= 0.6 is 0 Å². The van der Waals surface area contributed by atoms with Crippen LogP contribution in [-0.2, 0) is 18.0 Å². The molecule has 76 valence electrons. The molecule has 2 rings (SSSR count). The van der Waals surface area contributed by atoms with Gasteiger partial charge >= 0.3 is 0 Å². The minimum absolute atomic E-state index is 0.114. The molecule has 0 aliphatic carbocycles. The predicted molar refractivity (Wildman–Crippen MR) is 52.4 cm³/mol. The van der Waals surface area contributed by atoms with Crippen molar-refractivity contribution in [2.75, 3.05) is 12.8 Å². The number of fused-ring (bicyclic) bond motifs is 1. The molecule has 0 amide bonds. The molecule has 1 aromatic heterocycles. The first-order chi connectivity index (χ1) is 6.72. The van der Waals surface area contributed by atoms with E-state index in [0.29, 0.717) is 19.0 Å². The Bertz CT molecular complexity index is 353. The first kappa shape index (κ1) is 9.36. The average molecular weight is 194 g/mol. The van der Waals surface area contributed by atoms with Gasteiger partial charge in [0.2, 0.25) is 0 Å². The Morgan fingerprint density at radius 1 is 1.43 bits per heavy atom. The lowest BCUT2D eigenvalue weighted by Gasteiger charge is -2.10. The molecular weight excluding hydrogens is 180 g/mol. The normalized spacial score (nSPS) is 16.7. The fourth-order valence-corrected chi connectivity index (χ4v) is 1.42. The molecule has 1 aliphatic rings. The van der Waals surface area contributed by atoms with Crippen LogP contribution in [0.5, 0.6) is 0 Å². The number of rotatable bonds is 2. The Kier molecular flexibility index (Phi) is 2.35. The van der Waals surface area contributed by atoms with E-state index in [1.807, 2.05) is 14.0 Å². The Morgan fingerprint density at radius 3 is 2.93 bits per heavy atom. The van der Waals surface area contributed by atoms with E-state index in [4.69, 9.17) is 10.5 Å². The zero-order chi connectivity index (χ0) is 10.1. The first-order valence-electron chi connectivity index (χ1n) is 4.62. The van der Waals surface area contributed by atoms with E-state index < -0.39 is 0 Å². The molecule has 3 N–H and O–H groups in total. The smallest absolute Gasteiger partial charge is 0.147 e. The van der Waals surface area contributed by atoms with Gasteiger partial charge in [0.25, 0.3) is 0 Å². The highest BCUT2D eigenvalue weighted by molar-refractivity contribution is 5.43. The molecular formula is C9H14N4O. The van der Waals surface area contributed by atoms with Gasteiger partial charge in [-0.25, -0.2) is 9.97 Å². The number of nitrogens with one attached hydrogen (secondary N) is 1. The van der Waals surface area contributed by atoms with Crippen molar-refractivity contribution in [2.24, 2.45) is 0 Å². The van der Waals surface area contributed by atoms with Crippen molar-refractivity contribution in [1.82, 2.24) is 15.3 Å². The third-order valence-electron chi connectivity index (χ3n) is 2.45. The second kappa shape index (κ2) is 3.51. The Hall–Kier alpha value is -1.20. The zero-order valence-electron chi connectivity index (χ0n) is 8.37. The van der Waals surface area contributed by atoms with Crippen molar-refractivity contribution in [1.29, 1.82) is 0 Å².